The van der Waals surface area contributed by atoms with Crippen molar-refractivity contribution in [3.8, 4) is 5.75 Å². The molecule has 3 rings (SSSR count). The molecular weight excluding hydrogens is 264 g/mol. The molecular formula is C17H26N2O2. The molecule has 2 fully saturated rings. The van der Waals surface area contributed by atoms with Crippen molar-refractivity contribution in [3.63, 3.8) is 0 Å². The maximum Gasteiger partial charge on any atom is 0.126 e. The summed E-state index contributed by atoms with van der Waals surface area (Å²) in [6.07, 6.45) is 3.29. The van der Waals surface area contributed by atoms with E-state index in [2.05, 4.69) is 15.9 Å². The number of aliphatic hydroxyl groups excluding tert-OH is 1. The molecule has 1 aromatic carbocycles. The van der Waals surface area contributed by atoms with Crippen molar-refractivity contribution in [3.05, 3.63) is 23.8 Å². The van der Waals surface area contributed by atoms with Gasteiger partial charge in [-0.15, -0.1) is 0 Å². The molecule has 2 unspecified atom stereocenters. The van der Waals surface area contributed by atoms with Crippen molar-refractivity contribution in [1.29, 1.82) is 0 Å². The van der Waals surface area contributed by atoms with E-state index in [1.807, 2.05) is 19.1 Å². The molecule has 2 heterocycles. The van der Waals surface area contributed by atoms with Crippen molar-refractivity contribution in [2.24, 2.45) is 0 Å². The first kappa shape index (κ1) is 14.7. The molecule has 2 aliphatic heterocycles. The van der Waals surface area contributed by atoms with Crippen LogP contribution in [-0.2, 0) is 0 Å². The molecule has 21 heavy (non-hydrogen) atoms. The van der Waals surface area contributed by atoms with Gasteiger partial charge < -0.3 is 14.7 Å². The molecule has 0 spiro atoms. The summed E-state index contributed by atoms with van der Waals surface area (Å²) >= 11 is 0. The molecule has 0 aliphatic carbocycles. The van der Waals surface area contributed by atoms with Crippen LogP contribution in [-0.4, -0.2) is 49.3 Å². The van der Waals surface area contributed by atoms with Crippen LogP contribution in [0.5, 0.6) is 5.75 Å². The molecule has 0 bridgehead atoms. The zero-order valence-electron chi connectivity index (χ0n) is 13.1. The van der Waals surface area contributed by atoms with Crippen molar-refractivity contribution in [2.45, 2.75) is 38.3 Å². The number of rotatable bonds is 3. The molecule has 0 saturated carbocycles. The smallest absolute Gasteiger partial charge is 0.126 e. The van der Waals surface area contributed by atoms with Crippen LogP contribution >= 0.6 is 0 Å². The Morgan fingerprint density at radius 1 is 1.24 bits per heavy atom. The lowest BCUT2D eigenvalue weighted by molar-refractivity contribution is 0.194. The zero-order chi connectivity index (χ0) is 14.8. The van der Waals surface area contributed by atoms with Gasteiger partial charge in [-0.1, -0.05) is 6.07 Å². The summed E-state index contributed by atoms with van der Waals surface area (Å²) in [5.41, 5.74) is 2.06. The average molecular weight is 290 g/mol. The summed E-state index contributed by atoms with van der Waals surface area (Å²) in [5.74, 6) is 0.787. The fourth-order valence-corrected chi connectivity index (χ4v) is 3.83. The molecule has 4 heteroatoms. The second-order valence-corrected chi connectivity index (χ2v) is 6.20. The monoisotopic (exact) mass is 290 g/mol. The number of nitrogens with zero attached hydrogens (tertiary/aromatic N) is 2. The van der Waals surface area contributed by atoms with Gasteiger partial charge in [0.2, 0.25) is 0 Å². The number of hydrogen-bond donors (Lipinski definition) is 1. The van der Waals surface area contributed by atoms with Gasteiger partial charge in [0.25, 0.3) is 0 Å². The Labute approximate surface area is 127 Å². The molecule has 1 N–H and O–H groups in total. The molecule has 116 valence electrons. The lowest BCUT2D eigenvalue weighted by Gasteiger charge is -2.30. The second-order valence-electron chi connectivity index (χ2n) is 6.20. The molecule has 2 saturated heterocycles. The summed E-state index contributed by atoms with van der Waals surface area (Å²) in [6, 6.07) is 6.75. The number of methoxy groups -OCH3 is 1. The van der Waals surface area contributed by atoms with Crippen LogP contribution in [0.15, 0.2) is 18.2 Å². The van der Waals surface area contributed by atoms with Gasteiger partial charge >= 0.3 is 0 Å². The average Bonchev–Trinajstić information content (AvgIpc) is 2.83. The Hall–Kier alpha value is -1.26. The quantitative estimate of drug-likeness (QED) is 0.927. The summed E-state index contributed by atoms with van der Waals surface area (Å²) < 4.78 is 5.46. The second kappa shape index (κ2) is 6.24. The summed E-state index contributed by atoms with van der Waals surface area (Å²) in [5, 5.41) is 10.2. The fraction of sp³-hybridized carbons (Fsp3) is 0.647. The Bertz CT molecular complexity index is 490. The highest BCUT2D eigenvalue weighted by molar-refractivity contribution is 5.60. The number of ether oxygens (including phenoxy) is 1. The Morgan fingerprint density at radius 2 is 2.05 bits per heavy atom. The minimum atomic E-state index is -0.515. The van der Waals surface area contributed by atoms with E-state index >= 15 is 0 Å². The van der Waals surface area contributed by atoms with E-state index in [0.717, 1.165) is 30.1 Å². The SMILES string of the molecule is COc1cccc(N2CCCN3CCCC3C2)c1C(C)O. The van der Waals surface area contributed by atoms with Crippen molar-refractivity contribution < 1.29 is 9.84 Å². The maximum atomic E-state index is 10.2. The largest absolute Gasteiger partial charge is 0.496 e. The van der Waals surface area contributed by atoms with Gasteiger partial charge in [-0.25, -0.2) is 0 Å². The standard InChI is InChI=1S/C17H26N2O2/c1-13(20)17-15(7-3-8-16(17)21-2)19-11-5-10-18-9-4-6-14(18)12-19/h3,7-8,13-14,20H,4-6,9-12H2,1-2H3. The minimum Gasteiger partial charge on any atom is -0.496 e. The highest BCUT2D eigenvalue weighted by Gasteiger charge is 2.30. The normalized spacial score (nSPS) is 24.5. The van der Waals surface area contributed by atoms with Crippen LogP contribution in [0.3, 0.4) is 0 Å². The van der Waals surface area contributed by atoms with Crippen LogP contribution < -0.4 is 9.64 Å². The number of aliphatic hydroxyl groups is 1. The zero-order valence-corrected chi connectivity index (χ0v) is 13.1. The Balaban J connectivity index is 1.91. The predicted octanol–water partition coefficient (Wildman–Crippen LogP) is 2.42. The van der Waals surface area contributed by atoms with Crippen LogP contribution in [0.1, 0.15) is 37.9 Å². The van der Waals surface area contributed by atoms with E-state index in [0.29, 0.717) is 6.04 Å². The van der Waals surface area contributed by atoms with Gasteiger partial charge in [-0.2, -0.15) is 0 Å². The van der Waals surface area contributed by atoms with Crippen LogP contribution in [0, 0.1) is 0 Å². The van der Waals surface area contributed by atoms with Gasteiger partial charge in [0.1, 0.15) is 5.75 Å². The van der Waals surface area contributed by atoms with E-state index < -0.39 is 6.10 Å². The third-order valence-electron chi connectivity index (χ3n) is 4.83. The van der Waals surface area contributed by atoms with E-state index in [1.165, 1.54) is 32.4 Å². The summed E-state index contributed by atoms with van der Waals surface area (Å²) in [4.78, 5) is 5.07. The first-order valence-electron chi connectivity index (χ1n) is 8.04. The molecule has 2 atom stereocenters. The minimum absolute atomic E-state index is 0.515. The van der Waals surface area contributed by atoms with Gasteiger partial charge in [-0.05, 0) is 44.9 Å². The van der Waals surface area contributed by atoms with E-state index in [1.54, 1.807) is 7.11 Å². The van der Waals surface area contributed by atoms with Crippen molar-refractivity contribution in [1.82, 2.24) is 4.90 Å². The maximum absolute atomic E-state index is 10.2. The number of benzene rings is 1. The lowest BCUT2D eigenvalue weighted by Crippen LogP contribution is -2.37. The van der Waals surface area contributed by atoms with Crippen molar-refractivity contribution in [2.75, 3.05) is 38.2 Å². The van der Waals surface area contributed by atoms with Crippen LogP contribution in [0.25, 0.3) is 0 Å². The van der Waals surface area contributed by atoms with E-state index in [4.69, 9.17) is 4.74 Å². The van der Waals surface area contributed by atoms with Gasteiger partial charge in [0.15, 0.2) is 0 Å². The number of anilines is 1. The molecule has 1 aromatic rings. The first-order valence-corrected chi connectivity index (χ1v) is 8.04. The van der Waals surface area contributed by atoms with Gasteiger partial charge in [-0.3, -0.25) is 4.90 Å². The molecule has 0 amide bonds. The molecule has 0 aromatic heterocycles. The van der Waals surface area contributed by atoms with E-state index in [9.17, 15) is 5.11 Å². The molecule has 0 radical (unpaired) electrons. The van der Waals surface area contributed by atoms with Crippen LogP contribution in [0.2, 0.25) is 0 Å². The summed E-state index contributed by atoms with van der Waals surface area (Å²) in [6.45, 7) is 6.39. The highest BCUT2D eigenvalue weighted by atomic mass is 16.5. The third-order valence-corrected chi connectivity index (χ3v) is 4.83. The third kappa shape index (κ3) is 2.87. The van der Waals surface area contributed by atoms with Gasteiger partial charge in [0, 0.05) is 36.9 Å². The molecule has 4 nitrogen and oxygen atoms in total. The Kier molecular flexibility index (Phi) is 4.36. The predicted molar refractivity (Wildman–Crippen MR) is 85.1 cm³/mol. The fourth-order valence-electron chi connectivity index (χ4n) is 3.83. The highest BCUT2D eigenvalue weighted by Crippen LogP contribution is 2.36. The topological polar surface area (TPSA) is 35.9 Å². The number of hydrogen-bond acceptors (Lipinski definition) is 4. The van der Waals surface area contributed by atoms with Gasteiger partial charge in [0.05, 0.1) is 13.2 Å². The van der Waals surface area contributed by atoms with E-state index in [-0.39, 0.29) is 0 Å². The van der Waals surface area contributed by atoms with Crippen LogP contribution in [0.4, 0.5) is 5.69 Å². The Morgan fingerprint density at radius 3 is 2.81 bits per heavy atom. The lowest BCUT2D eigenvalue weighted by atomic mass is 10.0. The number of fused-ring (bicyclic) bond motifs is 1. The first-order chi connectivity index (χ1) is 10.2. The molecule has 2 aliphatic rings. The van der Waals surface area contributed by atoms with Crippen molar-refractivity contribution >= 4 is 5.69 Å². The summed E-state index contributed by atoms with van der Waals surface area (Å²) in [7, 11) is 1.67.